The van der Waals surface area contributed by atoms with Crippen molar-refractivity contribution >= 4 is 24.4 Å². The largest absolute Gasteiger partial charge is 0.494 e. The maximum Gasteiger partial charge on any atom is 0.494 e. The summed E-state index contributed by atoms with van der Waals surface area (Å²) in [6.07, 6.45) is -0.351. The molecular weight excluding hydrogens is 329 g/mol. The number of carbonyl (C=O) groups excluding carboxylic acids is 1. The number of rotatable bonds is 3. The van der Waals surface area contributed by atoms with Crippen molar-refractivity contribution in [3.63, 3.8) is 0 Å². The Morgan fingerprint density at radius 3 is 1.88 bits per heavy atom. The molecule has 1 aromatic rings. The topological polar surface area (TPSA) is 48.0 Å². The Balaban J connectivity index is 2.21. The van der Waals surface area contributed by atoms with Crippen LogP contribution in [0.2, 0.25) is 0 Å². The Hall–Kier alpha value is -1.53. The van der Waals surface area contributed by atoms with E-state index in [1.165, 1.54) is 0 Å². The molecule has 0 unspecified atom stereocenters. The van der Waals surface area contributed by atoms with Gasteiger partial charge >= 0.3 is 13.2 Å². The van der Waals surface area contributed by atoms with Crippen molar-refractivity contribution in [3.05, 3.63) is 24.3 Å². The third-order valence-corrected chi connectivity index (χ3v) is 4.80. The van der Waals surface area contributed by atoms with Crippen molar-refractivity contribution in [2.45, 2.75) is 85.2 Å². The Morgan fingerprint density at radius 1 is 1.04 bits per heavy atom. The lowest BCUT2D eigenvalue weighted by Crippen LogP contribution is -2.41. The molecule has 0 bridgehead atoms. The predicted octanol–water partition coefficient (Wildman–Crippen LogP) is 4.14. The normalized spacial score (nSPS) is 18.9. The minimum absolute atomic E-state index is 0.0208. The molecule has 144 valence electrons. The SMILES string of the molecule is CC(C)N(C(=O)OC(C)(C)C)c1ccc(B2OC(C)(C)C(C)(C)O2)cc1. The molecule has 0 aromatic heterocycles. The lowest BCUT2D eigenvalue weighted by molar-refractivity contribution is 0.00578. The van der Waals surface area contributed by atoms with E-state index in [9.17, 15) is 4.79 Å². The van der Waals surface area contributed by atoms with Crippen LogP contribution in [-0.2, 0) is 14.0 Å². The molecule has 0 spiro atoms. The highest BCUT2D eigenvalue weighted by Gasteiger charge is 2.51. The summed E-state index contributed by atoms with van der Waals surface area (Å²) in [5.41, 5.74) is 0.426. The second-order valence-electron chi connectivity index (χ2n) is 9.12. The summed E-state index contributed by atoms with van der Waals surface area (Å²) in [7, 11) is -0.414. The molecule has 5 nitrogen and oxygen atoms in total. The van der Waals surface area contributed by atoms with E-state index in [2.05, 4.69) is 0 Å². The fourth-order valence-corrected chi connectivity index (χ4v) is 2.70. The van der Waals surface area contributed by atoms with Crippen LogP contribution in [-0.4, -0.2) is 36.1 Å². The van der Waals surface area contributed by atoms with Crippen LogP contribution >= 0.6 is 0 Å². The summed E-state index contributed by atoms with van der Waals surface area (Å²) in [4.78, 5) is 14.2. The molecular formula is C20H32BNO4. The van der Waals surface area contributed by atoms with Gasteiger partial charge in [0.05, 0.1) is 11.2 Å². The van der Waals surface area contributed by atoms with E-state index in [-0.39, 0.29) is 23.3 Å². The van der Waals surface area contributed by atoms with E-state index in [0.717, 1.165) is 11.2 Å². The summed E-state index contributed by atoms with van der Waals surface area (Å²) >= 11 is 0. The van der Waals surface area contributed by atoms with E-state index in [1.807, 2.05) is 86.6 Å². The first-order valence-corrected chi connectivity index (χ1v) is 9.21. The molecule has 26 heavy (non-hydrogen) atoms. The van der Waals surface area contributed by atoms with Gasteiger partial charge in [0.15, 0.2) is 0 Å². The summed E-state index contributed by atoms with van der Waals surface area (Å²) in [6, 6.07) is 7.68. The van der Waals surface area contributed by atoms with Crippen LogP contribution in [0, 0.1) is 0 Å². The van der Waals surface area contributed by atoms with Gasteiger partial charge in [0.1, 0.15) is 5.60 Å². The molecule has 1 aliphatic heterocycles. The minimum atomic E-state index is -0.535. The smallest absolute Gasteiger partial charge is 0.443 e. The van der Waals surface area contributed by atoms with E-state index in [1.54, 1.807) is 4.90 Å². The molecule has 1 heterocycles. The van der Waals surface area contributed by atoms with Crippen LogP contribution in [0.25, 0.3) is 0 Å². The summed E-state index contributed by atoms with van der Waals surface area (Å²) in [5, 5.41) is 0. The third kappa shape index (κ3) is 4.41. The Bertz CT molecular complexity index is 631. The third-order valence-electron chi connectivity index (χ3n) is 4.80. The van der Waals surface area contributed by atoms with E-state index in [0.29, 0.717) is 0 Å². The highest BCUT2D eigenvalue weighted by Crippen LogP contribution is 2.36. The molecule has 0 atom stereocenters. The van der Waals surface area contributed by atoms with Crippen LogP contribution in [0.15, 0.2) is 24.3 Å². The van der Waals surface area contributed by atoms with Crippen LogP contribution < -0.4 is 10.4 Å². The average molecular weight is 361 g/mol. The van der Waals surface area contributed by atoms with Crippen molar-refractivity contribution in [3.8, 4) is 0 Å². The molecule has 2 rings (SSSR count). The zero-order chi connectivity index (χ0) is 19.9. The minimum Gasteiger partial charge on any atom is -0.443 e. The number of anilines is 1. The van der Waals surface area contributed by atoms with Gasteiger partial charge in [-0.15, -0.1) is 0 Å². The van der Waals surface area contributed by atoms with Gasteiger partial charge in [-0.25, -0.2) is 4.79 Å². The first-order valence-electron chi connectivity index (χ1n) is 9.21. The zero-order valence-electron chi connectivity index (χ0n) is 17.5. The van der Waals surface area contributed by atoms with Gasteiger partial charge in [-0.05, 0) is 79.9 Å². The molecule has 0 aliphatic carbocycles. The highest BCUT2D eigenvalue weighted by atomic mass is 16.7. The quantitative estimate of drug-likeness (QED) is 0.760. The standard InChI is InChI=1S/C20H32BNO4/c1-14(2)22(17(23)24-18(3,4)5)16-12-10-15(11-13-16)21-25-19(6,7)20(8,9)26-21/h10-14H,1-9H3. The number of amides is 1. The summed E-state index contributed by atoms with van der Waals surface area (Å²) < 4.78 is 17.7. The van der Waals surface area contributed by atoms with Gasteiger partial charge in [0, 0.05) is 11.7 Å². The first-order chi connectivity index (χ1) is 11.7. The molecule has 0 N–H and O–H groups in total. The Morgan fingerprint density at radius 2 is 1.50 bits per heavy atom. The van der Waals surface area contributed by atoms with Gasteiger partial charge in [0.2, 0.25) is 0 Å². The predicted molar refractivity (Wildman–Crippen MR) is 106 cm³/mol. The monoisotopic (exact) mass is 361 g/mol. The number of hydrogen-bond donors (Lipinski definition) is 0. The van der Waals surface area contributed by atoms with Gasteiger partial charge < -0.3 is 14.0 Å². The second kappa shape index (κ2) is 6.89. The van der Waals surface area contributed by atoms with Crippen molar-refractivity contribution in [2.24, 2.45) is 0 Å². The van der Waals surface area contributed by atoms with Crippen molar-refractivity contribution in [2.75, 3.05) is 4.90 Å². The van der Waals surface area contributed by atoms with Gasteiger partial charge in [0.25, 0.3) is 0 Å². The molecule has 1 saturated heterocycles. The second-order valence-corrected chi connectivity index (χ2v) is 9.12. The fourth-order valence-electron chi connectivity index (χ4n) is 2.70. The molecule has 1 aliphatic rings. The van der Waals surface area contributed by atoms with Crippen LogP contribution in [0.3, 0.4) is 0 Å². The van der Waals surface area contributed by atoms with Crippen molar-refractivity contribution < 1.29 is 18.8 Å². The molecule has 1 fully saturated rings. The number of hydrogen-bond acceptors (Lipinski definition) is 4. The zero-order valence-corrected chi connectivity index (χ0v) is 17.5. The molecule has 6 heteroatoms. The maximum absolute atomic E-state index is 12.6. The van der Waals surface area contributed by atoms with Crippen molar-refractivity contribution in [1.82, 2.24) is 0 Å². The number of nitrogens with zero attached hydrogens (tertiary/aromatic N) is 1. The van der Waals surface area contributed by atoms with Crippen LogP contribution in [0.4, 0.5) is 10.5 Å². The van der Waals surface area contributed by atoms with Gasteiger partial charge in [-0.3, -0.25) is 4.90 Å². The fraction of sp³-hybridized carbons (Fsp3) is 0.650. The molecule has 1 aromatic carbocycles. The lowest BCUT2D eigenvalue weighted by atomic mass is 9.79. The van der Waals surface area contributed by atoms with E-state index >= 15 is 0 Å². The van der Waals surface area contributed by atoms with Gasteiger partial charge in [-0.2, -0.15) is 0 Å². The number of carbonyl (C=O) groups is 1. The number of benzene rings is 1. The van der Waals surface area contributed by atoms with E-state index in [4.69, 9.17) is 14.0 Å². The molecule has 0 radical (unpaired) electrons. The van der Waals surface area contributed by atoms with E-state index < -0.39 is 12.7 Å². The summed E-state index contributed by atoms with van der Waals surface area (Å²) in [6.45, 7) is 17.7. The van der Waals surface area contributed by atoms with Crippen LogP contribution in [0.1, 0.15) is 62.3 Å². The lowest BCUT2D eigenvalue weighted by Gasteiger charge is -2.32. The number of ether oxygens (including phenoxy) is 1. The van der Waals surface area contributed by atoms with Gasteiger partial charge in [-0.1, -0.05) is 12.1 Å². The Labute approximate surface area is 158 Å². The maximum atomic E-state index is 12.6. The van der Waals surface area contributed by atoms with Crippen LogP contribution in [0.5, 0.6) is 0 Å². The Kier molecular flexibility index (Phi) is 5.51. The van der Waals surface area contributed by atoms with Crippen molar-refractivity contribution in [1.29, 1.82) is 0 Å². The molecule has 0 saturated carbocycles. The average Bonchev–Trinajstić information content (AvgIpc) is 2.66. The molecule has 1 amide bonds. The summed E-state index contributed by atoms with van der Waals surface area (Å²) in [5.74, 6) is 0. The highest BCUT2D eigenvalue weighted by molar-refractivity contribution is 6.62. The first kappa shape index (κ1) is 20.8.